The lowest BCUT2D eigenvalue weighted by molar-refractivity contribution is 0.416. The van der Waals surface area contributed by atoms with E-state index in [2.05, 4.69) is 35.9 Å². The SMILES string of the molecule is CCC1CCCCN1c1nc2cc(C)ccc2o1. The Kier molecular flexibility index (Phi) is 2.98. The van der Waals surface area contributed by atoms with Crippen LogP contribution in [0.5, 0.6) is 0 Å². The molecule has 1 aliphatic heterocycles. The summed E-state index contributed by atoms with van der Waals surface area (Å²) in [7, 11) is 0. The van der Waals surface area contributed by atoms with Crippen molar-refractivity contribution in [1.82, 2.24) is 4.98 Å². The maximum absolute atomic E-state index is 5.91. The Morgan fingerprint density at radius 2 is 2.28 bits per heavy atom. The summed E-state index contributed by atoms with van der Waals surface area (Å²) in [6, 6.07) is 7.58. The molecule has 3 nitrogen and oxygen atoms in total. The standard InChI is InChI=1S/C15H20N2O/c1-3-12-6-4-5-9-17(12)15-16-13-10-11(2)7-8-14(13)18-15/h7-8,10,12H,3-6,9H2,1-2H3. The van der Waals surface area contributed by atoms with Gasteiger partial charge in [-0.1, -0.05) is 13.0 Å². The van der Waals surface area contributed by atoms with Gasteiger partial charge in [-0.2, -0.15) is 4.98 Å². The molecule has 2 aromatic rings. The second kappa shape index (κ2) is 4.63. The Morgan fingerprint density at radius 3 is 3.11 bits per heavy atom. The van der Waals surface area contributed by atoms with Crippen molar-refractivity contribution in [3.05, 3.63) is 23.8 Å². The van der Waals surface area contributed by atoms with Crippen molar-refractivity contribution in [2.45, 2.75) is 45.6 Å². The summed E-state index contributed by atoms with van der Waals surface area (Å²) < 4.78 is 5.91. The number of oxazole rings is 1. The number of hydrogen-bond acceptors (Lipinski definition) is 3. The highest BCUT2D eigenvalue weighted by atomic mass is 16.4. The van der Waals surface area contributed by atoms with E-state index >= 15 is 0 Å². The van der Waals surface area contributed by atoms with Gasteiger partial charge in [-0.3, -0.25) is 0 Å². The molecule has 0 aliphatic carbocycles. The van der Waals surface area contributed by atoms with Crippen LogP contribution >= 0.6 is 0 Å². The second-order valence-electron chi connectivity index (χ2n) is 5.22. The minimum absolute atomic E-state index is 0.591. The van der Waals surface area contributed by atoms with Crippen LogP contribution in [0.3, 0.4) is 0 Å². The van der Waals surface area contributed by atoms with Crippen LogP contribution in [0.2, 0.25) is 0 Å². The molecule has 18 heavy (non-hydrogen) atoms. The number of fused-ring (bicyclic) bond motifs is 1. The highest BCUT2D eigenvalue weighted by molar-refractivity contribution is 5.75. The Balaban J connectivity index is 1.97. The molecule has 96 valence electrons. The highest BCUT2D eigenvalue weighted by Gasteiger charge is 2.24. The molecular formula is C15H20N2O. The lowest BCUT2D eigenvalue weighted by Gasteiger charge is -2.33. The lowest BCUT2D eigenvalue weighted by Crippen LogP contribution is -2.39. The van der Waals surface area contributed by atoms with E-state index in [4.69, 9.17) is 4.42 Å². The quantitative estimate of drug-likeness (QED) is 0.802. The Labute approximate surface area is 108 Å². The molecule has 1 aromatic carbocycles. The fourth-order valence-corrected chi connectivity index (χ4v) is 2.83. The zero-order valence-electron chi connectivity index (χ0n) is 11.1. The number of rotatable bonds is 2. The topological polar surface area (TPSA) is 29.3 Å². The van der Waals surface area contributed by atoms with Crippen molar-refractivity contribution >= 4 is 17.1 Å². The number of aryl methyl sites for hydroxylation is 1. The zero-order valence-corrected chi connectivity index (χ0v) is 11.1. The van der Waals surface area contributed by atoms with Crippen LogP contribution in [0.25, 0.3) is 11.1 Å². The van der Waals surface area contributed by atoms with Crippen LogP contribution < -0.4 is 4.90 Å². The molecule has 0 N–H and O–H groups in total. The fourth-order valence-electron chi connectivity index (χ4n) is 2.83. The maximum atomic E-state index is 5.91. The van der Waals surface area contributed by atoms with Crippen LogP contribution in [-0.4, -0.2) is 17.6 Å². The Hall–Kier alpha value is -1.51. The van der Waals surface area contributed by atoms with Gasteiger partial charge in [-0.05, 0) is 50.3 Å². The van der Waals surface area contributed by atoms with Crippen molar-refractivity contribution in [3.8, 4) is 0 Å². The number of piperidine rings is 1. The molecule has 0 saturated carbocycles. The van der Waals surface area contributed by atoms with Gasteiger partial charge >= 0.3 is 0 Å². The van der Waals surface area contributed by atoms with Gasteiger partial charge in [0.25, 0.3) is 6.01 Å². The predicted molar refractivity (Wildman–Crippen MR) is 74.0 cm³/mol. The van der Waals surface area contributed by atoms with Crippen LogP contribution in [0.1, 0.15) is 38.2 Å². The van der Waals surface area contributed by atoms with Gasteiger partial charge in [0.05, 0.1) is 0 Å². The van der Waals surface area contributed by atoms with Gasteiger partial charge in [-0.25, -0.2) is 0 Å². The highest BCUT2D eigenvalue weighted by Crippen LogP contribution is 2.29. The van der Waals surface area contributed by atoms with E-state index in [0.29, 0.717) is 6.04 Å². The first kappa shape index (κ1) is 11.6. The normalized spacial score (nSPS) is 20.6. The van der Waals surface area contributed by atoms with Crippen molar-refractivity contribution < 1.29 is 4.42 Å². The smallest absolute Gasteiger partial charge is 0.298 e. The summed E-state index contributed by atoms with van der Waals surface area (Å²) in [6.07, 6.45) is 4.99. The van der Waals surface area contributed by atoms with E-state index < -0.39 is 0 Å². The van der Waals surface area contributed by atoms with Gasteiger partial charge in [0.1, 0.15) is 5.52 Å². The number of anilines is 1. The molecule has 1 aliphatic rings. The van der Waals surface area contributed by atoms with Gasteiger partial charge in [-0.15, -0.1) is 0 Å². The van der Waals surface area contributed by atoms with E-state index in [1.54, 1.807) is 0 Å². The summed E-state index contributed by atoms with van der Waals surface area (Å²) in [6.45, 7) is 5.41. The first-order valence-electron chi connectivity index (χ1n) is 6.92. The third-order valence-electron chi connectivity index (χ3n) is 3.88. The predicted octanol–water partition coefficient (Wildman–Crippen LogP) is 3.91. The van der Waals surface area contributed by atoms with Crippen LogP contribution in [0.15, 0.2) is 22.6 Å². The van der Waals surface area contributed by atoms with E-state index in [-0.39, 0.29) is 0 Å². The molecule has 3 heteroatoms. The largest absolute Gasteiger partial charge is 0.423 e. The molecule has 1 unspecified atom stereocenters. The molecule has 0 radical (unpaired) electrons. The summed E-state index contributed by atoms with van der Waals surface area (Å²) in [5.74, 6) is 0. The first-order chi connectivity index (χ1) is 8.78. The molecule has 1 aromatic heterocycles. The number of nitrogens with zero attached hydrogens (tertiary/aromatic N) is 2. The van der Waals surface area contributed by atoms with Crippen molar-refractivity contribution in [2.75, 3.05) is 11.4 Å². The van der Waals surface area contributed by atoms with Crippen LogP contribution in [0, 0.1) is 6.92 Å². The van der Waals surface area contributed by atoms with E-state index in [1.165, 1.54) is 24.8 Å². The minimum atomic E-state index is 0.591. The number of hydrogen-bond donors (Lipinski definition) is 0. The van der Waals surface area contributed by atoms with Crippen molar-refractivity contribution in [1.29, 1.82) is 0 Å². The molecule has 0 amide bonds. The third kappa shape index (κ3) is 1.98. The average Bonchev–Trinajstić information content (AvgIpc) is 2.81. The van der Waals surface area contributed by atoms with Gasteiger partial charge in [0, 0.05) is 12.6 Å². The maximum Gasteiger partial charge on any atom is 0.298 e. The zero-order chi connectivity index (χ0) is 12.5. The van der Waals surface area contributed by atoms with E-state index in [0.717, 1.165) is 30.1 Å². The van der Waals surface area contributed by atoms with Crippen molar-refractivity contribution in [3.63, 3.8) is 0 Å². The molecule has 1 saturated heterocycles. The molecular weight excluding hydrogens is 224 g/mol. The molecule has 0 bridgehead atoms. The van der Waals surface area contributed by atoms with E-state index in [1.807, 2.05) is 6.07 Å². The average molecular weight is 244 g/mol. The lowest BCUT2D eigenvalue weighted by atomic mass is 10.0. The third-order valence-corrected chi connectivity index (χ3v) is 3.88. The number of benzene rings is 1. The first-order valence-corrected chi connectivity index (χ1v) is 6.92. The van der Waals surface area contributed by atoms with E-state index in [9.17, 15) is 0 Å². The van der Waals surface area contributed by atoms with Crippen LogP contribution in [-0.2, 0) is 0 Å². The summed E-state index contributed by atoms with van der Waals surface area (Å²) in [4.78, 5) is 7.00. The Morgan fingerprint density at radius 1 is 1.39 bits per heavy atom. The summed E-state index contributed by atoms with van der Waals surface area (Å²) in [5.41, 5.74) is 3.11. The van der Waals surface area contributed by atoms with Gasteiger partial charge < -0.3 is 9.32 Å². The molecule has 1 fully saturated rings. The summed E-state index contributed by atoms with van der Waals surface area (Å²) in [5, 5.41) is 0. The molecule has 1 atom stereocenters. The Bertz CT molecular complexity index is 546. The fraction of sp³-hybridized carbons (Fsp3) is 0.533. The molecule has 2 heterocycles. The second-order valence-corrected chi connectivity index (χ2v) is 5.22. The monoisotopic (exact) mass is 244 g/mol. The minimum Gasteiger partial charge on any atom is -0.423 e. The van der Waals surface area contributed by atoms with Gasteiger partial charge in [0.15, 0.2) is 5.58 Å². The van der Waals surface area contributed by atoms with Gasteiger partial charge in [0.2, 0.25) is 0 Å². The number of aromatic nitrogens is 1. The van der Waals surface area contributed by atoms with Crippen LogP contribution in [0.4, 0.5) is 6.01 Å². The van der Waals surface area contributed by atoms with Crippen molar-refractivity contribution in [2.24, 2.45) is 0 Å². The molecule has 3 rings (SSSR count). The molecule has 0 spiro atoms. The summed E-state index contributed by atoms with van der Waals surface area (Å²) >= 11 is 0.